The molecule has 106 valence electrons. The molecule has 0 radical (unpaired) electrons. The first-order valence-electron chi connectivity index (χ1n) is 6.63. The molecule has 20 heavy (non-hydrogen) atoms. The van der Waals surface area contributed by atoms with Crippen LogP contribution in [0, 0.1) is 19.7 Å². The van der Waals surface area contributed by atoms with Crippen LogP contribution in [0.5, 0.6) is 0 Å². The second kappa shape index (κ2) is 6.38. The van der Waals surface area contributed by atoms with E-state index in [4.69, 9.17) is 11.6 Å². The molecular weight excluding hydrogens is 275 g/mol. The van der Waals surface area contributed by atoms with Crippen LogP contribution in [0.1, 0.15) is 22.3 Å². The Kier molecular flexibility index (Phi) is 4.79. The molecule has 0 fully saturated rings. The first-order valence-corrected chi connectivity index (χ1v) is 7.01. The van der Waals surface area contributed by atoms with E-state index in [1.807, 2.05) is 26.0 Å². The smallest absolute Gasteiger partial charge is 0.126 e. The third-order valence-electron chi connectivity index (χ3n) is 3.22. The summed E-state index contributed by atoms with van der Waals surface area (Å²) in [6.45, 7) is 4.05. The Labute approximate surface area is 124 Å². The van der Waals surface area contributed by atoms with Crippen LogP contribution in [-0.4, -0.2) is 11.2 Å². The zero-order chi connectivity index (χ0) is 14.7. The van der Waals surface area contributed by atoms with Crippen LogP contribution in [0.15, 0.2) is 36.4 Å². The van der Waals surface area contributed by atoms with Gasteiger partial charge in [0.25, 0.3) is 0 Å². The van der Waals surface area contributed by atoms with E-state index in [-0.39, 0.29) is 12.2 Å². The largest absolute Gasteiger partial charge is 0.392 e. The number of aryl methyl sites for hydroxylation is 2. The van der Waals surface area contributed by atoms with E-state index in [9.17, 15) is 9.50 Å². The normalized spacial score (nSPS) is 12.4. The van der Waals surface area contributed by atoms with E-state index in [2.05, 4.69) is 6.07 Å². The highest BCUT2D eigenvalue weighted by atomic mass is 35.5. The third kappa shape index (κ3) is 4.06. The molecule has 0 saturated heterocycles. The average Bonchev–Trinajstić information content (AvgIpc) is 2.32. The minimum Gasteiger partial charge on any atom is -0.392 e. The summed E-state index contributed by atoms with van der Waals surface area (Å²) in [5.74, 6) is -0.325. The molecule has 1 nitrogen and oxygen atoms in total. The van der Waals surface area contributed by atoms with Crippen LogP contribution in [0.25, 0.3) is 0 Å². The molecule has 0 saturated carbocycles. The summed E-state index contributed by atoms with van der Waals surface area (Å²) >= 11 is 5.85. The van der Waals surface area contributed by atoms with E-state index in [0.717, 1.165) is 5.56 Å². The number of aliphatic hydroxyl groups excluding tert-OH is 1. The predicted molar refractivity (Wildman–Crippen MR) is 80.7 cm³/mol. The monoisotopic (exact) mass is 292 g/mol. The predicted octanol–water partition coefficient (Wildman–Crippen LogP) is 4.24. The molecule has 2 rings (SSSR count). The second-order valence-electron chi connectivity index (χ2n) is 5.29. The van der Waals surface area contributed by atoms with Crippen molar-refractivity contribution in [3.63, 3.8) is 0 Å². The van der Waals surface area contributed by atoms with Gasteiger partial charge in [0.1, 0.15) is 5.82 Å². The Morgan fingerprint density at radius 1 is 1.05 bits per heavy atom. The highest BCUT2D eigenvalue weighted by molar-refractivity contribution is 6.30. The van der Waals surface area contributed by atoms with Gasteiger partial charge >= 0.3 is 0 Å². The molecule has 0 aliphatic heterocycles. The van der Waals surface area contributed by atoms with Crippen molar-refractivity contribution in [1.82, 2.24) is 0 Å². The minimum atomic E-state index is -0.621. The number of hydrogen-bond acceptors (Lipinski definition) is 1. The molecule has 2 aromatic carbocycles. The minimum absolute atomic E-state index is 0.263. The first-order chi connectivity index (χ1) is 9.44. The van der Waals surface area contributed by atoms with Crippen molar-refractivity contribution in [3.05, 3.63) is 69.5 Å². The zero-order valence-corrected chi connectivity index (χ0v) is 12.4. The summed E-state index contributed by atoms with van der Waals surface area (Å²) in [7, 11) is 0. The molecule has 0 heterocycles. The van der Waals surface area contributed by atoms with Gasteiger partial charge in [0.05, 0.1) is 6.10 Å². The van der Waals surface area contributed by atoms with Crippen LogP contribution in [0.4, 0.5) is 4.39 Å². The van der Waals surface area contributed by atoms with Crippen LogP contribution in [0.2, 0.25) is 5.02 Å². The van der Waals surface area contributed by atoms with Gasteiger partial charge in [0.15, 0.2) is 0 Å². The molecule has 3 heteroatoms. The molecule has 1 atom stereocenters. The molecule has 0 aliphatic carbocycles. The molecule has 0 aliphatic rings. The maximum absolute atomic E-state index is 13.6. The lowest BCUT2D eigenvalue weighted by Gasteiger charge is -2.13. The Morgan fingerprint density at radius 2 is 1.70 bits per heavy atom. The number of rotatable bonds is 4. The summed E-state index contributed by atoms with van der Waals surface area (Å²) in [5, 5.41) is 10.6. The van der Waals surface area contributed by atoms with E-state index in [1.54, 1.807) is 6.07 Å². The van der Waals surface area contributed by atoms with Gasteiger partial charge in [0.2, 0.25) is 0 Å². The molecule has 0 aromatic heterocycles. The van der Waals surface area contributed by atoms with Crippen molar-refractivity contribution >= 4 is 11.6 Å². The fourth-order valence-electron chi connectivity index (χ4n) is 2.48. The van der Waals surface area contributed by atoms with E-state index < -0.39 is 6.10 Å². The summed E-state index contributed by atoms with van der Waals surface area (Å²) in [5.41, 5.74) is 3.86. The summed E-state index contributed by atoms with van der Waals surface area (Å²) in [6, 6.07) is 10.6. The SMILES string of the molecule is Cc1cc(C)cc(CC(O)Cc2cc(Cl)ccc2F)c1. The second-order valence-corrected chi connectivity index (χ2v) is 5.73. The average molecular weight is 293 g/mol. The van der Waals surface area contributed by atoms with Crippen LogP contribution >= 0.6 is 11.6 Å². The van der Waals surface area contributed by atoms with Gasteiger partial charge in [-0.05, 0) is 49.6 Å². The third-order valence-corrected chi connectivity index (χ3v) is 3.45. The highest BCUT2D eigenvalue weighted by Gasteiger charge is 2.11. The van der Waals surface area contributed by atoms with Gasteiger partial charge in [-0.25, -0.2) is 4.39 Å². The lowest BCUT2D eigenvalue weighted by atomic mass is 9.98. The highest BCUT2D eigenvalue weighted by Crippen LogP contribution is 2.18. The van der Waals surface area contributed by atoms with Gasteiger partial charge in [0, 0.05) is 11.4 Å². The molecular formula is C17H18ClFO. The van der Waals surface area contributed by atoms with Crippen molar-refractivity contribution in [1.29, 1.82) is 0 Å². The van der Waals surface area contributed by atoms with Gasteiger partial charge < -0.3 is 5.11 Å². The molecule has 2 aromatic rings. The van der Waals surface area contributed by atoms with Gasteiger partial charge in [-0.3, -0.25) is 0 Å². The van der Waals surface area contributed by atoms with Crippen molar-refractivity contribution < 1.29 is 9.50 Å². The lowest BCUT2D eigenvalue weighted by Crippen LogP contribution is -2.15. The Bertz CT molecular complexity index is 590. The summed E-state index contributed by atoms with van der Waals surface area (Å²) in [4.78, 5) is 0. The molecule has 1 unspecified atom stereocenters. The zero-order valence-electron chi connectivity index (χ0n) is 11.7. The van der Waals surface area contributed by atoms with Crippen LogP contribution in [0.3, 0.4) is 0 Å². The van der Waals surface area contributed by atoms with Crippen molar-refractivity contribution in [2.45, 2.75) is 32.8 Å². The lowest BCUT2D eigenvalue weighted by molar-refractivity contribution is 0.174. The molecule has 0 spiro atoms. The first kappa shape index (κ1) is 15.0. The van der Waals surface area contributed by atoms with Crippen molar-refractivity contribution in [2.75, 3.05) is 0 Å². The van der Waals surface area contributed by atoms with E-state index >= 15 is 0 Å². The van der Waals surface area contributed by atoms with Gasteiger partial charge in [-0.1, -0.05) is 40.9 Å². The number of halogens is 2. The van der Waals surface area contributed by atoms with Gasteiger partial charge in [-0.2, -0.15) is 0 Å². The standard InChI is InChI=1S/C17H18ClFO/c1-11-5-12(2)7-13(6-11)8-16(20)10-14-9-15(18)3-4-17(14)19/h3-7,9,16,20H,8,10H2,1-2H3. The van der Waals surface area contributed by atoms with E-state index in [0.29, 0.717) is 17.0 Å². The topological polar surface area (TPSA) is 20.2 Å². The number of benzene rings is 2. The fourth-order valence-corrected chi connectivity index (χ4v) is 2.68. The van der Waals surface area contributed by atoms with E-state index in [1.165, 1.54) is 23.3 Å². The maximum atomic E-state index is 13.6. The fraction of sp³-hybridized carbons (Fsp3) is 0.294. The van der Waals surface area contributed by atoms with Crippen molar-refractivity contribution in [3.8, 4) is 0 Å². The Morgan fingerprint density at radius 3 is 2.35 bits per heavy atom. The Hall–Kier alpha value is -1.38. The number of aliphatic hydroxyl groups is 1. The number of hydrogen-bond donors (Lipinski definition) is 1. The molecule has 0 amide bonds. The molecule has 1 N–H and O–H groups in total. The summed E-state index contributed by atoms with van der Waals surface area (Å²) in [6.07, 6.45) is 0.151. The van der Waals surface area contributed by atoms with Crippen LogP contribution < -0.4 is 0 Å². The molecule has 0 bridgehead atoms. The quantitative estimate of drug-likeness (QED) is 0.893. The Balaban J connectivity index is 2.08. The maximum Gasteiger partial charge on any atom is 0.126 e. The summed E-state index contributed by atoms with van der Waals surface area (Å²) < 4.78 is 13.6. The van der Waals surface area contributed by atoms with Crippen LogP contribution in [-0.2, 0) is 12.8 Å². The van der Waals surface area contributed by atoms with Crippen molar-refractivity contribution in [2.24, 2.45) is 0 Å². The van der Waals surface area contributed by atoms with Gasteiger partial charge in [-0.15, -0.1) is 0 Å².